The Labute approximate surface area is 146 Å². The van der Waals surface area contributed by atoms with Crippen molar-refractivity contribution >= 4 is 9.84 Å². The average Bonchev–Trinajstić information content (AvgIpc) is 2.61. The summed E-state index contributed by atoms with van der Waals surface area (Å²) in [5, 5.41) is 0. The zero-order chi connectivity index (χ0) is 17.9. The third kappa shape index (κ3) is 4.48. The van der Waals surface area contributed by atoms with Crippen molar-refractivity contribution in [2.75, 3.05) is 6.26 Å². The van der Waals surface area contributed by atoms with Crippen molar-refractivity contribution in [2.24, 2.45) is 0 Å². The Morgan fingerprint density at radius 1 is 0.920 bits per heavy atom. The maximum absolute atomic E-state index is 12.9. The van der Waals surface area contributed by atoms with E-state index in [-0.39, 0.29) is 10.7 Å². The van der Waals surface area contributed by atoms with Gasteiger partial charge in [-0.25, -0.2) is 17.8 Å². The van der Waals surface area contributed by atoms with E-state index in [1.54, 1.807) is 48.8 Å². The zero-order valence-electron chi connectivity index (χ0n) is 13.7. The van der Waals surface area contributed by atoms with E-state index in [0.29, 0.717) is 12.1 Å². The molecule has 0 saturated heterocycles. The van der Waals surface area contributed by atoms with Gasteiger partial charge in [-0.2, -0.15) is 0 Å². The highest BCUT2D eigenvalue weighted by atomic mass is 32.2. The van der Waals surface area contributed by atoms with Crippen molar-refractivity contribution in [1.82, 2.24) is 9.97 Å². The monoisotopic (exact) mass is 356 g/mol. The largest absolute Gasteiger partial charge is 0.261 e. The fourth-order valence-corrected chi connectivity index (χ4v) is 3.09. The van der Waals surface area contributed by atoms with Gasteiger partial charge in [-0.1, -0.05) is 24.3 Å². The number of nitrogens with zero attached hydrogens (tertiary/aromatic N) is 2. The molecular weight excluding hydrogens is 339 g/mol. The molecule has 0 fully saturated rings. The van der Waals surface area contributed by atoms with E-state index in [2.05, 4.69) is 9.97 Å². The van der Waals surface area contributed by atoms with Crippen molar-refractivity contribution in [3.63, 3.8) is 0 Å². The van der Waals surface area contributed by atoms with Gasteiger partial charge in [-0.05, 0) is 42.7 Å². The van der Waals surface area contributed by atoms with E-state index in [4.69, 9.17) is 0 Å². The van der Waals surface area contributed by atoms with Gasteiger partial charge in [0.2, 0.25) is 0 Å². The van der Waals surface area contributed by atoms with Crippen LogP contribution in [0.4, 0.5) is 4.39 Å². The van der Waals surface area contributed by atoms with Crippen LogP contribution in [0.1, 0.15) is 11.3 Å². The highest BCUT2D eigenvalue weighted by molar-refractivity contribution is 7.90. The van der Waals surface area contributed by atoms with Gasteiger partial charge in [-0.3, -0.25) is 4.98 Å². The number of aromatic nitrogens is 2. The van der Waals surface area contributed by atoms with E-state index in [1.807, 2.05) is 0 Å². The van der Waals surface area contributed by atoms with Gasteiger partial charge in [0, 0.05) is 18.0 Å². The molecule has 0 amide bonds. The van der Waals surface area contributed by atoms with Crippen LogP contribution in [0.3, 0.4) is 0 Å². The summed E-state index contributed by atoms with van der Waals surface area (Å²) < 4.78 is 36.0. The normalized spacial score (nSPS) is 11.4. The molecular formula is C19H17FN2O2S. The standard InChI is InChI=1S/C19H17FN2O2S/c1-25(23,24)18-10-5-15(6-11-18)19-13-21-12-17(22-19)9-4-14-2-7-16(20)8-3-14/h2-3,5-8,10-13H,4,9H2,1H3. The first kappa shape index (κ1) is 17.2. The van der Waals surface area contributed by atoms with Gasteiger partial charge >= 0.3 is 0 Å². The summed E-state index contributed by atoms with van der Waals surface area (Å²) in [6.45, 7) is 0. The molecule has 0 aliphatic heterocycles. The van der Waals surface area contributed by atoms with Gasteiger partial charge in [0.05, 0.1) is 22.5 Å². The number of benzene rings is 2. The molecule has 3 aromatic rings. The molecule has 0 bridgehead atoms. The number of rotatable bonds is 5. The quantitative estimate of drug-likeness (QED) is 0.702. The minimum Gasteiger partial charge on any atom is -0.261 e. The maximum Gasteiger partial charge on any atom is 0.175 e. The number of hydrogen-bond acceptors (Lipinski definition) is 4. The van der Waals surface area contributed by atoms with Crippen molar-refractivity contribution in [3.8, 4) is 11.3 Å². The molecule has 25 heavy (non-hydrogen) atoms. The zero-order valence-corrected chi connectivity index (χ0v) is 14.5. The smallest absolute Gasteiger partial charge is 0.175 e. The van der Waals surface area contributed by atoms with Gasteiger partial charge in [0.15, 0.2) is 9.84 Å². The minimum atomic E-state index is -3.22. The summed E-state index contributed by atoms with van der Waals surface area (Å²) in [5.41, 5.74) is 3.36. The van der Waals surface area contributed by atoms with Crippen LogP contribution < -0.4 is 0 Å². The molecule has 0 radical (unpaired) electrons. The van der Waals surface area contributed by atoms with E-state index in [1.165, 1.54) is 18.4 Å². The van der Waals surface area contributed by atoms with Crippen LogP contribution in [0.5, 0.6) is 0 Å². The first-order valence-corrected chi connectivity index (χ1v) is 9.67. The van der Waals surface area contributed by atoms with Crippen molar-refractivity contribution in [2.45, 2.75) is 17.7 Å². The van der Waals surface area contributed by atoms with E-state index in [0.717, 1.165) is 23.2 Å². The van der Waals surface area contributed by atoms with Crippen molar-refractivity contribution in [1.29, 1.82) is 0 Å². The summed E-state index contributed by atoms with van der Waals surface area (Å²) in [4.78, 5) is 9.07. The van der Waals surface area contributed by atoms with Gasteiger partial charge in [0.1, 0.15) is 5.82 Å². The molecule has 1 aromatic heterocycles. The number of hydrogen-bond donors (Lipinski definition) is 0. The SMILES string of the molecule is CS(=O)(=O)c1ccc(-c2cncc(CCc3ccc(F)cc3)n2)cc1. The molecule has 0 aliphatic carbocycles. The second-order valence-electron chi connectivity index (χ2n) is 5.82. The third-order valence-electron chi connectivity index (χ3n) is 3.85. The Balaban J connectivity index is 1.76. The van der Waals surface area contributed by atoms with Gasteiger partial charge < -0.3 is 0 Å². The van der Waals surface area contributed by atoms with Crippen molar-refractivity contribution in [3.05, 3.63) is 78.0 Å². The average molecular weight is 356 g/mol. The number of halogens is 1. The van der Waals surface area contributed by atoms with Crippen LogP contribution in [-0.2, 0) is 22.7 Å². The lowest BCUT2D eigenvalue weighted by Gasteiger charge is -2.06. The lowest BCUT2D eigenvalue weighted by molar-refractivity contribution is 0.602. The highest BCUT2D eigenvalue weighted by Gasteiger charge is 2.08. The summed E-state index contributed by atoms with van der Waals surface area (Å²) in [7, 11) is -3.22. The lowest BCUT2D eigenvalue weighted by Crippen LogP contribution is -1.99. The maximum atomic E-state index is 12.9. The summed E-state index contributed by atoms with van der Waals surface area (Å²) >= 11 is 0. The Kier molecular flexibility index (Phi) is 4.90. The van der Waals surface area contributed by atoms with E-state index in [9.17, 15) is 12.8 Å². The Morgan fingerprint density at radius 2 is 1.60 bits per heavy atom. The second kappa shape index (κ2) is 7.11. The van der Waals surface area contributed by atoms with Crippen LogP contribution in [0.15, 0.2) is 65.8 Å². The third-order valence-corrected chi connectivity index (χ3v) is 4.97. The molecule has 2 aromatic carbocycles. The van der Waals surface area contributed by atoms with Crippen LogP contribution in [0, 0.1) is 5.82 Å². The van der Waals surface area contributed by atoms with Gasteiger partial charge in [0.25, 0.3) is 0 Å². The number of aryl methyl sites for hydroxylation is 2. The molecule has 0 aliphatic rings. The first-order chi connectivity index (χ1) is 11.9. The van der Waals surface area contributed by atoms with Gasteiger partial charge in [-0.15, -0.1) is 0 Å². The minimum absolute atomic E-state index is 0.247. The summed E-state index contributed by atoms with van der Waals surface area (Å²) in [5.74, 6) is -0.247. The predicted octanol–water partition coefficient (Wildman–Crippen LogP) is 3.47. The van der Waals surface area contributed by atoms with E-state index >= 15 is 0 Å². The molecule has 0 N–H and O–H groups in total. The van der Waals surface area contributed by atoms with Crippen LogP contribution in [0.25, 0.3) is 11.3 Å². The van der Waals surface area contributed by atoms with Crippen LogP contribution >= 0.6 is 0 Å². The molecule has 0 atom stereocenters. The van der Waals surface area contributed by atoms with E-state index < -0.39 is 9.84 Å². The Hall–Kier alpha value is -2.60. The summed E-state index contributed by atoms with van der Waals surface area (Å²) in [6.07, 6.45) is 5.96. The molecule has 0 unspecified atom stereocenters. The molecule has 0 spiro atoms. The van der Waals surface area contributed by atoms with Crippen LogP contribution in [-0.4, -0.2) is 24.6 Å². The Bertz CT molecular complexity index is 969. The molecule has 0 saturated carbocycles. The lowest BCUT2D eigenvalue weighted by atomic mass is 10.1. The highest BCUT2D eigenvalue weighted by Crippen LogP contribution is 2.19. The molecule has 128 valence electrons. The first-order valence-electron chi connectivity index (χ1n) is 7.78. The second-order valence-corrected chi connectivity index (χ2v) is 7.83. The van der Waals surface area contributed by atoms with Crippen LogP contribution in [0.2, 0.25) is 0 Å². The Morgan fingerprint density at radius 3 is 2.24 bits per heavy atom. The van der Waals surface area contributed by atoms with Crippen molar-refractivity contribution < 1.29 is 12.8 Å². The molecule has 4 nitrogen and oxygen atoms in total. The fourth-order valence-electron chi connectivity index (χ4n) is 2.46. The molecule has 6 heteroatoms. The molecule has 3 rings (SSSR count). The fraction of sp³-hybridized carbons (Fsp3) is 0.158. The molecule has 1 heterocycles. The topological polar surface area (TPSA) is 59.9 Å². The number of sulfone groups is 1. The summed E-state index contributed by atoms with van der Waals surface area (Å²) in [6, 6.07) is 13.0. The predicted molar refractivity (Wildman–Crippen MR) is 94.4 cm³/mol.